The maximum atomic E-state index is 12.0. The number of fused-ring (bicyclic) bond motifs is 1. The molecule has 2 rings (SSSR count). The molecule has 104 valence electrons. The van der Waals surface area contributed by atoms with Crippen molar-refractivity contribution in [2.24, 2.45) is 0 Å². The molecule has 0 spiro atoms. The molecule has 0 aliphatic heterocycles. The number of carbonyl (C=O) groups excluding carboxylic acids is 1. The lowest BCUT2D eigenvalue weighted by molar-refractivity contribution is 0.0955. The number of carbonyl (C=O) groups is 1. The van der Waals surface area contributed by atoms with Gasteiger partial charge >= 0.3 is 0 Å². The molecule has 0 bridgehead atoms. The van der Waals surface area contributed by atoms with Gasteiger partial charge in [0, 0.05) is 19.3 Å². The highest BCUT2D eigenvalue weighted by Crippen LogP contribution is 2.09. The molecule has 0 atom stereocenters. The van der Waals surface area contributed by atoms with Crippen molar-refractivity contribution in [2.45, 2.75) is 13.3 Å². The average Bonchev–Trinajstić information content (AvgIpc) is 2.82. The second-order valence-corrected chi connectivity index (χ2v) is 4.09. The molecule has 0 fully saturated rings. The van der Waals surface area contributed by atoms with Gasteiger partial charge in [-0.05, 0) is 25.1 Å². The summed E-state index contributed by atoms with van der Waals surface area (Å²) >= 11 is 0. The zero-order chi connectivity index (χ0) is 12.8. The molecule has 0 saturated heterocycles. The molecule has 5 nitrogen and oxygen atoms in total. The smallest absolute Gasteiger partial charge is 0.255 e. The third-order valence-electron chi connectivity index (χ3n) is 2.69. The molecule has 2 aromatic heterocycles. The number of nitrogens with one attached hydrogen (secondary N) is 2. The fourth-order valence-electron chi connectivity index (χ4n) is 1.77. The molecule has 2 aromatic rings. The van der Waals surface area contributed by atoms with Crippen LogP contribution in [0.2, 0.25) is 0 Å². The first-order chi connectivity index (χ1) is 8.83. The number of aromatic nitrogens is 2. The first-order valence-electron chi connectivity index (χ1n) is 6.24. The second kappa shape index (κ2) is 7.76. The second-order valence-electron chi connectivity index (χ2n) is 4.09. The molecule has 2 N–H and O–H groups in total. The number of rotatable bonds is 6. The van der Waals surface area contributed by atoms with Crippen LogP contribution in [0.3, 0.4) is 0 Å². The minimum Gasteiger partial charge on any atom is -0.351 e. The van der Waals surface area contributed by atoms with Crippen LogP contribution < -0.4 is 10.6 Å². The van der Waals surface area contributed by atoms with Crippen molar-refractivity contribution in [3.05, 3.63) is 36.2 Å². The number of nitrogens with zero attached hydrogens (tertiary/aromatic N) is 2. The van der Waals surface area contributed by atoms with Crippen LogP contribution in [-0.4, -0.2) is 35.2 Å². The Balaban J connectivity index is 0.00000180. The van der Waals surface area contributed by atoms with Gasteiger partial charge in [0.2, 0.25) is 0 Å². The summed E-state index contributed by atoms with van der Waals surface area (Å²) in [5, 5.41) is 10.3. The van der Waals surface area contributed by atoms with Crippen LogP contribution in [0.15, 0.2) is 30.6 Å². The minimum atomic E-state index is -0.0745. The largest absolute Gasteiger partial charge is 0.351 e. The molecule has 0 unspecified atom stereocenters. The van der Waals surface area contributed by atoms with Gasteiger partial charge in [0.1, 0.15) is 0 Å². The topological polar surface area (TPSA) is 58.4 Å². The quantitative estimate of drug-likeness (QED) is 0.789. The van der Waals surface area contributed by atoms with Gasteiger partial charge in [0.25, 0.3) is 5.91 Å². The molecule has 0 aliphatic carbocycles. The van der Waals surface area contributed by atoms with Gasteiger partial charge in [-0.1, -0.05) is 13.0 Å². The highest BCUT2D eigenvalue weighted by atomic mass is 35.5. The molecule has 19 heavy (non-hydrogen) atoms. The van der Waals surface area contributed by atoms with E-state index >= 15 is 0 Å². The Kier molecular flexibility index (Phi) is 6.32. The minimum absolute atomic E-state index is 0. The molecular weight excluding hydrogens is 264 g/mol. The van der Waals surface area contributed by atoms with Gasteiger partial charge in [-0.2, -0.15) is 5.10 Å². The van der Waals surface area contributed by atoms with E-state index in [-0.39, 0.29) is 18.3 Å². The summed E-state index contributed by atoms with van der Waals surface area (Å²) < 4.78 is 1.70. The van der Waals surface area contributed by atoms with Crippen LogP contribution >= 0.6 is 12.4 Å². The van der Waals surface area contributed by atoms with Gasteiger partial charge in [0.15, 0.2) is 0 Å². The van der Waals surface area contributed by atoms with Crippen LogP contribution in [0.4, 0.5) is 0 Å². The number of pyridine rings is 1. The predicted molar refractivity (Wildman–Crippen MR) is 77.9 cm³/mol. The Morgan fingerprint density at radius 3 is 2.95 bits per heavy atom. The fourth-order valence-corrected chi connectivity index (χ4v) is 1.77. The van der Waals surface area contributed by atoms with Gasteiger partial charge in [-0.25, -0.2) is 4.52 Å². The number of amides is 1. The zero-order valence-corrected chi connectivity index (χ0v) is 11.7. The SMILES string of the molecule is CCCNCCNC(=O)c1cnn2ccccc12.Cl. The van der Waals surface area contributed by atoms with E-state index in [4.69, 9.17) is 0 Å². The molecular formula is C13H19ClN4O. The van der Waals surface area contributed by atoms with Crippen LogP contribution in [0.5, 0.6) is 0 Å². The monoisotopic (exact) mass is 282 g/mol. The summed E-state index contributed by atoms with van der Waals surface area (Å²) in [6, 6.07) is 5.67. The van der Waals surface area contributed by atoms with E-state index in [1.54, 1.807) is 10.7 Å². The Labute approximate surface area is 118 Å². The van der Waals surface area contributed by atoms with Gasteiger partial charge in [-0.15, -0.1) is 12.4 Å². The first kappa shape index (κ1) is 15.5. The highest BCUT2D eigenvalue weighted by Gasteiger charge is 2.10. The molecule has 2 heterocycles. The lowest BCUT2D eigenvalue weighted by Gasteiger charge is -2.05. The molecule has 0 radical (unpaired) electrons. The summed E-state index contributed by atoms with van der Waals surface area (Å²) in [4.78, 5) is 12.0. The van der Waals surface area contributed by atoms with E-state index < -0.39 is 0 Å². The van der Waals surface area contributed by atoms with E-state index in [0.717, 1.165) is 25.0 Å². The Morgan fingerprint density at radius 2 is 2.16 bits per heavy atom. The van der Waals surface area contributed by atoms with Gasteiger partial charge < -0.3 is 10.6 Å². The van der Waals surface area contributed by atoms with Crippen molar-refractivity contribution in [3.63, 3.8) is 0 Å². The van der Waals surface area contributed by atoms with E-state index in [1.807, 2.05) is 24.4 Å². The summed E-state index contributed by atoms with van der Waals surface area (Å²) in [6.45, 7) is 4.51. The molecule has 0 aliphatic rings. The molecule has 6 heteroatoms. The number of hydrogen-bond acceptors (Lipinski definition) is 3. The van der Waals surface area contributed by atoms with Crippen molar-refractivity contribution in [2.75, 3.05) is 19.6 Å². The summed E-state index contributed by atoms with van der Waals surface area (Å²) in [5.41, 5.74) is 1.45. The van der Waals surface area contributed by atoms with Crippen molar-refractivity contribution in [1.29, 1.82) is 0 Å². The van der Waals surface area contributed by atoms with Crippen LogP contribution in [-0.2, 0) is 0 Å². The molecule has 1 amide bonds. The summed E-state index contributed by atoms with van der Waals surface area (Å²) in [6.07, 6.45) is 4.53. The maximum absolute atomic E-state index is 12.0. The molecule has 0 saturated carbocycles. The Hall–Kier alpha value is -1.59. The number of halogens is 1. The highest BCUT2D eigenvalue weighted by molar-refractivity contribution is 6.00. The lowest BCUT2D eigenvalue weighted by atomic mass is 10.2. The van der Waals surface area contributed by atoms with E-state index in [9.17, 15) is 4.79 Å². The third kappa shape index (κ3) is 3.94. The average molecular weight is 283 g/mol. The predicted octanol–water partition coefficient (Wildman–Crippen LogP) is 1.49. The van der Waals surface area contributed by atoms with Crippen molar-refractivity contribution in [3.8, 4) is 0 Å². The number of hydrogen-bond donors (Lipinski definition) is 2. The third-order valence-corrected chi connectivity index (χ3v) is 2.69. The van der Waals surface area contributed by atoms with E-state index in [1.165, 1.54) is 0 Å². The Bertz CT molecular complexity index is 526. The lowest BCUT2D eigenvalue weighted by Crippen LogP contribution is -2.32. The summed E-state index contributed by atoms with van der Waals surface area (Å²) in [7, 11) is 0. The summed E-state index contributed by atoms with van der Waals surface area (Å²) in [5.74, 6) is -0.0745. The van der Waals surface area contributed by atoms with E-state index in [0.29, 0.717) is 12.1 Å². The van der Waals surface area contributed by atoms with Crippen LogP contribution in [0.25, 0.3) is 5.52 Å². The normalized spacial score (nSPS) is 10.2. The maximum Gasteiger partial charge on any atom is 0.255 e. The first-order valence-corrected chi connectivity index (χ1v) is 6.24. The zero-order valence-electron chi connectivity index (χ0n) is 10.9. The molecule has 0 aromatic carbocycles. The van der Waals surface area contributed by atoms with Gasteiger partial charge in [0.05, 0.1) is 17.3 Å². The van der Waals surface area contributed by atoms with Crippen molar-refractivity contribution in [1.82, 2.24) is 20.2 Å². The standard InChI is InChI=1S/C13H18N4O.ClH/c1-2-6-14-7-8-15-13(18)11-10-16-17-9-4-3-5-12(11)17;/h3-5,9-10,14H,2,6-8H2,1H3,(H,15,18);1H. The van der Waals surface area contributed by atoms with Crippen LogP contribution in [0.1, 0.15) is 23.7 Å². The van der Waals surface area contributed by atoms with Crippen molar-refractivity contribution < 1.29 is 4.79 Å². The van der Waals surface area contributed by atoms with Gasteiger partial charge in [-0.3, -0.25) is 4.79 Å². The fraction of sp³-hybridized carbons (Fsp3) is 0.385. The van der Waals surface area contributed by atoms with Crippen molar-refractivity contribution >= 4 is 23.8 Å². The Morgan fingerprint density at radius 1 is 1.32 bits per heavy atom. The van der Waals surface area contributed by atoms with Crippen LogP contribution in [0, 0.1) is 0 Å². The van der Waals surface area contributed by atoms with E-state index in [2.05, 4.69) is 22.7 Å².